The van der Waals surface area contributed by atoms with E-state index < -0.39 is 0 Å². The normalized spacial score (nSPS) is 17.3. The lowest BCUT2D eigenvalue weighted by molar-refractivity contribution is 0.0735. The van der Waals surface area contributed by atoms with Gasteiger partial charge in [0.05, 0.1) is 27.5 Å². The van der Waals surface area contributed by atoms with Crippen LogP contribution in [0.5, 0.6) is 0 Å². The van der Waals surface area contributed by atoms with Crippen molar-refractivity contribution in [3.8, 4) is 0 Å². The number of para-hydroxylation sites is 1. The molecule has 5 rings (SSSR count). The minimum atomic E-state index is 0.0226. The first kappa shape index (κ1) is 16.4. The molecule has 1 aliphatic rings. The molecule has 7 heteroatoms. The van der Waals surface area contributed by atoms with E-state index in [1.807, 2.05) is 43.1 Å². The topological polar surface area (TPSA) is 63.9 Å². The molecule has 1 amide bonds. The van der Waals surface area contributed by atoms with E-state index in [0.29, 0.717) is 5.56 Å². The van der Waals surface area contributed by atoms with Crippen LogP contribution in [0.1, 0.15) is 39.9 Å². The third-order valence-electron chi connectivity index (χ3n) is 5.22. The van der Waals surface area contributed by atoms with Crippen LogP contribution >= 0.6 is 11.3 Å². The molecule has 0 unspecified atom stereocenters. The van der Waals surface area contributed by atoms with Crippen molar-refractivity contribution in [2.75, 3.05) is 6.54 Å². The summed E-state index contributed by atoms with van der Waals surface area (Å²) in [7, 11) is 1.87. The summed E-state index contributed by atoms with van der Waals surface area (Å²) < 4.78 is 2.92. The van der Waals surface area contributed by atoms with Crippen LogP contribution in [-0.4, -0.2) is 37.1 Å². The van der Waals surface area contributed by atoms with Crippen LogP contribution < -0.4 is 0 Å². The number of hydrogen-bond donors (Lipinski definition) is 0. The second kappa shape index (κ2) is 6.13. The minimum absolute atomic E-state index is 0.0226. The van der Waals surface area contributed by atoms with E-state index in [9.17, 15) is 4.79 Å². The summed E-state index contributed by atoms with van der Waals surface area (Å²) in [4.78, 5) is 24.4. The number of fused-ring (bicyclic) bond motifs is 2. The van der Waals surface area contributed by atoms with Crippen LogP contribution in [0.15, 0.2) is 36.5 Å². The fraction of sp³-hybridized carbons (Fsp3) is 0.300. The number of pyridine rings is 1. The number of aromatic nitrogens is 4. The Morgan fingerprint density at radius 1 is 1.30 bits per heavy atom. The SMILES string of the molecule is Cc1nn(C)c2ncc(C(=O)N3CCC[C@@H]3c3nc4ccccc4s3)cc12. The van der Waals surface area contributed by atoms with E-state index in [-0.39, 0.29) is 11.9 Å². The highest BCUT2D eigenvalue weighted by molar-refractivity contribution is 7.18. The van der Waals surface area contributed by atoms with Crippen molar-refractivity contribution in [3.05, 3.63) is 52.8 Å². The van der Waals surface area contributed by atoms with Gasteiger partial charge in [0.25, 0.3) is 5.91 Å². The zero-order chi connectivity index (χ0) is 18.5. The van der Waals surface area contributed by atoms with Gasteiger partial charge in [-0.3, -0.25) is 9.48 Å². The Hall–Kier alpha value is -2.80. The number of aryl methyl sites for hydroxylation is 2. The molecule has 1 saturated heterocycles. The molecule has 3 aromatic heterocycles. The Kier molecular flexibility index (Phi) is 3.72. The summed E-state index contributed by atoms with van der Waals surface area (Å²) >= 11 is 1.69. The Morgan fingerprint density at radius 3 is 3.00 bits per heavy atom. The molecule has 1 atom stereocenters. The highest BCUT2D eigenvalue weighted by Crippen LogP contribution is 2.37. The number of thiazole rings is 1. The molecule has 0 saturated carbocycles. The molecule has 136 valence electrons. The zero-order valence-corrected chi connectivity index (χ0v) is 16.0. The molecule has 4 heterocycles. The molecule has 1 aliphatic heterocycles. The van der Waals surface area contributed by atoms with Gasteiger partial charge in [0.15, 0.2) is 5.65 Å². The van der Waals surface area contributed by atoms with Crippen LogP contribution in [0, 0.1) is 6.92 Å². The van der Waals surface area contributed by atoms with Crippen molar-refractivity contribution >= 4 is 38.5 Å². The number of amides is 1. The zero-order valence-electron chi connectivity index (χ0n) is 15.2. The third-order valence-corrected chi connectivity index (χ3v) is 6.36. The van der Waals surface area contributed by atoms with E-state index >= 15 is 0 Å². The van der Waals surface area contributed by atoms with Crippen LogP contribution in [0.25, 0.3) is 21.3 Å². The second-order valence-corrected chi connectivity index (χ2v) is 8.04. The van der Waals surface area contributed by atoms with Gasteiger partial charge in [-0.25, -0.2) is 9.97 Å². The molecule has 0 N–H and O–H groups in total. The molecule has 27 heavy (non-hydrogen) atoms. The summed E-state index contributed by atoms with van der Waals surface area (Å²) in [5.74, 6) is 0.0226. The minimum Gasteiger partial charge on any atom is -0.329 e. The maximum absolute atomic E-state index is 13.2. The maximum atomic E-state index is 13.2. The van der Waals surface area contributed by atoms with Gasteiger partial charge in [-0.05, 0) is 38.0 Å². The standard InChI is InChI=1S/C20H19N5OS/c1-12-14-10-13(11-21-18(14)24(2)23-12)20(26)25-9-5-7-16(25)19-22-15-6-3-4-8-17(15)27-19/h3-4,6,8,10-11,16H,5,7,9H2,1-2H3/t16-/m1/s1. The van der Waals surface area contributed by atoms with Gasteiger partial charge < -0.3 is 4.90 Å². The third kappa shape index (κ3) is 2.61. The molecule has 0 spiro atoms. The van der Waals surface area contributed by atoms with Crippen LogP contribution in [-0.2, 0) is 7.05 Å². The van der Waals surface area contributed by atoms with Gasteiger partial charge in [0, 0.05) is 25.2 Å². The number of nitrogens with zero attached hydrogens (tertiary/aromatic N) is 5. The number of carbonyl (C=O) groups excluding carboxylic acids is 1. The highest BCUT2D eigenvalue weighted by atomic mass is 32.1. The van der Waals surface area contributed by atoms with Crippen LogP contribution in [0.2, 0.25) is 0 Å². The fourth-order valence-corrected chi connectivity index (χ4v) is 5.01. The molecule has 1 aromatic carbocycles. The molecular weight excluding hydrogens is 358 g/mol. The smallest absolute Gasteiger partial charge is 0.256 e. The first-order valence-electron chi connectivity index (χ1n) is 9.07. The Labute approximate surface area is 160 Å². The summed E-state index contributed by atoms with van der Waals surface area (Å²) in [6, 6.07) is 10.1. The summed E-state index contributed by atoms with van der Waals surface area (Å²) in [6.07, 6.45) is 3.61. The molecule has 0 aliphatic carbocycles. The summed E-state index contributed by atoms with van der Waals surface area (Å²) in [5.41, 5.74) is 3.31. The molecule has 0 bridgehead atoms. The number of carbonyl (C=O) groups is 1. The molecule has 6 nitrogen and oxygen atoms in total. The molecule has 0 radical (unpaired) electrons. The quantitative estimate of drug-likeness (QED) is 0.532. The highest BCUT2D eigenvalue weighted by Gasteiger charge is 2.33. The van der Waals surface area contributed by atoms with Gasteiger partial charge >= 0.3 is 0 Å². The first-order chi connectivity index (χ1) is 13.1. The Balaban J connectivity index is 1.51. The van der Waals surface area contributed by atoms with Crippen molar-refractivity contribution in [3.63, 3.8) is 0 Å². The number of likely N-dealkylation sites (tertiary alicyclic amines) is 1. The van der Waals surface area contributed by atoms with E-state index in [4.69, 9.17) is 4.98 Å². The maximum Gasteiger partial charge on any atom is 0.256 e. The number of benzene rings is 1. The molecular formula is C20H19N5OS. The Bertz CT molecular complexity index is 1140. The Morgan fingerprint density at radius 2 is 2.15 bits per heavy atom. The second-order valence-electron chi connectivity index (χ2n) is 6.98. The monoisotopic (exact) mass is 377 g/mol. The van der Waals surface area contributed by atoms with Crippen molar-refractivity contribution in [2.24, 2.45) is 7.05 Å². The molecule has 1 fully saturated rings. The largest absolute Gasteiger partial charge is 0.329 e. The lowest BCUT2D eigenvalue weighted by atomic mass is 10.1. The lowest BCUT2D eigenvalue weighted by Crippen LogP contribution is -2.30. The predicted octanol–water partition coefficient (Wildman–Crippen LogP) is 3.86. The van der Waals surface area contributed by atoms with E-state index in [2.05, 4.69) is 16.1 Å². The van der Waals surface area contributed by atoms with Crippen molar-refractivity contribution in [1.29, 1.82) is 0 Å². The van der Waals surface area contributed by atoms with Gasteiger partial charge in [0.1, 0.15) is 5.01 Å². The number of rotatable bonds is 2. The summed E-state index contributed by atoms with van der Waals surface area (Å²) in [6.45, 7) is 2.70. The first-order valence-corrected chi connectivity index (χ1v) is 9.89. The van der Waals surface area contributed by atoms with Gasteiger partial charge in [-0.1, -0.05) is 12.1 Å². The van der Waals surface area contributed by atoms with Gasteiger partial charge in [0.2, 0.25) is 0 Å². The lowest BCUT2D eigenvalue weighted by Gasteiger charge is -2.23. The molecule has 4 aromatic rings. The fourth-order valence-electron chi connectivity index (χ4n) is 3.89. The van der Waals surface area contributed by atoms with E-state index in [1.165, 1.54) is 4.70 Å². The predicted molar refractivity (Wildman–Crippen MR) is 106 cm³/mol. The van der Waals surface area contributed by atoms with Gasteiger partial charge in [-0.15, -0.1) is 11.3 Å². The van der Waals surface area contributed by atoms with Crippen molar-refractivity contribution in [1.82, 2.24) is 24.6 Å². The average Bonchev–Trinajstić information content (AvgIpc) is 3.38. The van der Waals surface area contributed by atoms with Crippen molar-refractivity contribution < 1.29 is 4.79 Å². The van der Waals surface area contributed by atoms with E-state index in [0.717, 1.165) is 46.6 Å². The van der Waals surface area contributed by atoms with Gasteiger partial charge in [-0.2, -0.15) is 5.10 Å². The van der Waals surface area contributed by atoms with Crippen LogP contribution in [0.3, 0.4) is 0 Å². The summed E-state index contributed by atoms with van der Waals surface area (Å²) in [5, 5.41) is 6.35. The van der Waals surface area contributed by atoms with Crippen molar-refractivity contribution in [2.45, 2.75) is 25.8 Å². The van der Waals surface area contributed by atoms with Crippen LogP contribution in [0.4, 0.5) is 0 Å². The number of hydrogen-bond acceptors (Lipinski definition) is 5. The average molecular weight is 377 g/mol. The van der Waals surface area contributed by atoms with E-state index in [1.54, 1.807) is 22.2 Å².